The third-order valence-electron chi connectivity index (χ3n) is 9.59. The zero-order chi connectivity index (χ0) is 30.5. The van der Waals surface area contributed by atoms with E-state index in [4.69, 9.17) is 4.99 Å². The highest BCUT2D eigenvalue weighted by molar-refractivity contribution is 6.02. The molecule has 2 fully saturated rings. The van der Waals surface area contributed by atoms with E-state index in [2.05, 4.69) is 39.0 Å². The molecule has 0 atom stereocenters. The normalized spacial score (nSPS) is 19.4. The van der Waals surface area contributed by atoms with Crippen molar-refractivity contribution in [2.24, 2.45) is 16.8 Å². The fourth-order valence-electron chi connectivity index (χ4n) is 6.81. The molecule has 0 N–H and O–H groups in total. The Hall–Kier alpha value is -3.68. The van der Waals surface area contributed by atoms with Crippen molar-refractivity contribution in [2.75, 3.05) is 52.4 Å². The Morgan fingerprint density at radius 2 is 1.30 bits per heavy atom. The van der Waals surface area contributed by atoms with Crippen molar-refractivity contribution in [3.63, 3.8) is 0 Å². The first-order chi connectivity index (χ1) is 21.4. The highest BCUT2D eigenvalue weighted by atomic mass is 19.1. The van der Waals surface area contributed by atoms with Crippen molar-refractivity contribution in [2.45, 2.75) is 39.2 Å². The number of fused-ring (bicyclic) bond motifs is 1. The Morgan fingerprint density at radius 3 is 1.91 bits per heavy atom. The van der Waals surface area contributed by atoms with Crippen LogP contribution in [-0.4, -0.2) is 84.5 Å². The standard InChI is InChI=1S/C37H43FN4O2/c1-27-6-8-30(9-7-27)35(43)25-41-20-16-29(17-21-41)23-42-24-32-4-2-3-5-34(32)37(42)39-22-28-14-18-40(19-15-28)26-36(44)31-10-12-33(38)13-11-31/h2-13,28-29H,14-26H2,1H3/b39-37+. The number of amidine groups is 1. The van der Waals surface area contributed by atoms with Gasteiger partial charge >= 0.3 is 0 Å². The summed E-state index contributed by atoms with van der Waals surface area (Å²) in [5.41, 5.74) is 5.16. The van der Waals surface area contributed by atoms with Crippen LogP contribution < -0.4 is 0 Å². The summed E-state index contributed by atoms with van der Waals surface area (Å²) in [5.74, 6) is 2.15. The number of Topliss-reactive ketones (excluding diaryl/α,β-unsaturated/α-hetero) is 2. The minimum Gasteiger partial charge on any atom is -0.352 e. The Morgan fingerprint density at radius 1 is 0.750 bits per heavy atom. The summed E-state index contributed by atoms with van der Waals surface area (Å²) >= 11 is 0. The van der Waals surface area contributed by atoms with Gasteiger partial charge in [-0.05, 0) is 100 Å². The predicted octanol–water partition coefficient (Wildman–Crippen LogP) is 5.89. The van der Waals surface area contributed by atoms with Crippen molar-refractivity contribution < 1.29 is 14.0 Å². The molecule has 7 heteroatoms. The average molecular weight is 595 g/mol. The van der Waals surface area contributed by atoms with Crippen molar-refractivity contribution in [1.82, 2.24) is 14.7 Å². The highest BCUT2D eigenvalue weighted by Gasteiger charge is 2.30. The lowest BCUT2D eigenvalue weighted by molar-refractivity contribution is 0.0885. The summed E-state index contributed by atoms with van der Waals surface area (Å²) in [7, 11) is 0. The summed E-state index contributed by atoms with van der Waals surface area (Å²) < 4.78 is 13.2. The lowest BCUT2D eigenvalue weighted by Crippen LogP contribution is -2.41. The largest absolute Gasteiger partial charge is 0.352 e. The second kappa shape index (κ2) is 14.0. The van der Waals surface area contributed by atoms with E-state index in [1.54, 1.807) is 12.1 Å². The monoisotopic (exact) mass is 594 g/mol. The summed E-state index contributed by atoms with van der Waals surface area (Å²) in [6.07, 6.45) is 4.23. The molecule has 0 aliphatic carbocycles. The van der Waals surface area contributed by atoms with E-state index >= 15 is 0 Å². The van der Waals surface area contributed by atoms with Gasteiger partial charge in [-0.1, -0.05) is 54.1 Å². The minimum absolute atomic E-state index is 0.0468. The van der Waals surface area contributed by atoms with Crippen molar-refractivity contribution in [1.29, 1.82) is 0 Å². The lowest BCUT2D eigenvalue weighted by Gasteiger charge is -2.34. The Bertz CT molecular complexity index is 1470. The van der Waals surface area contributed by atoms with E-state index in [1.165, 1.54) is 28.8 Å². The molecule has 3 aliphatic rings. The van der Waals surface area contributed by atoms with Crippen LogP contribution in [0.1, 0.15) is 63.1 Å². The number of carbonyl (C=O) groups excluding carboxylic acids is 2. The maximum atomic E-state index is 13.2. The summed E-state index contributed by atoms with van der Waals surface area (Å²) in [6.45, 7) is 9.31. The molecule has 0 radical (unpaired) electrons. The fraction of sp³-hybridized carbons (Fsp3) is 0.432. The van der Waals surface area contributed by atoms with Gasteiger partial charge in [-0.15, -0.1) is 0 Å². The Kier molecular flexibility index (Phi) is 9.63. The first kappa shape index (κ1) is 30.4. The number of rotatable bonds is 10. The quantitative estimate of drug-likeness (QED) is 0.274. The Labute approximate surface area is 260 Å². The maximum Gasteiger partial charge on any atom is 0.176 e. The highest BCUT2D eigenvalue weighted by Crippen LogP contribution is 2.28. The topological polar surface area (TPSA) is 56.2 Å². The van der Waals surface area contributed by atoms with E-state index in [-0.39, 0.29) is 17.4 Å². The van der Waals surface area contributed by atoms with Gasteiger partial charge in [0.25, 0.3) is 0 Å². The molecule has 3 aliphatic heterocycles. The van der Waals surface area contributed by atoms with Gasteiger partial charge in [-0.25, -0.2) is 4.39 Å². The molecule has 2 saturated heterocycles. The molecule has 230 valence electrons. The molecule has 0 aromatic heterocycles. The Balaban J connectivity index is 1.000. The van der Waals surface area contributed by atoms with Crippen LogP contribution >= 0.6 is 0 Å². The summed E-state index contributed by atoms with van der Waals surface area (Å²) in [5, 5.41) is 0. The van der Waals surface area contributed by atoms with Gasteiger partial charge in [-0.2, -0.15) is 0 Å². The number of benzene rings is 3. The minimum atomic E-state index is -0.319. The first-order valence-corrected chi connectivity index (χ1v) is 16.1. The lowest BCUT2D eigenvalue weighted by atomic mass is 9.95. The van der Waals surface area contributed by atoms with E-state index in [0.29, 0.717) is 30.5 Å². The zero-order valence-corrected chi connectivity index (χ0v) is 25.8. The van der Waals surface area contributed by atoms with Crippen LogP contribution in [0, 0.1) is 24.6 Å². The SMILES string of the molecule is Cc1ccc(C(=O)CN2CCC(CN3Cc4ccccc4/C3=N\CC3CCN(CC(=O)c4ccc(F)cc4)CC3)CC2)cc1. The number of likely N-dealkylation sites (tertiary alicyclic amines) is 2. The molecule has 3 heterocycles. The van der Waals surface area contributed by atoms with Crippen LogP contribution in [0.4, 0.5) is 4.39 Å². The molecule has 0 spiro atoms. The molecule has 0 bridgehead atoms. The van der Waals surface area contributed by atoms with E-state index in [9.17, 15) is 14.0 Å². The van der Waals surface area contributed by atoms with Crippen LogP contribution in [0.15, 0.2) is 77.8 Å². The van der Waals surface area contributed by atoms with E-state index in [0.717, 1.165) is 82.9 Å². The van der Waals surface area contributed by atoms with E-state index in [1.807, 2.05) is 31.2 Å². The molecule has 3 aromatic carbocycles. The van der Waals surface area contributed by atoms with Gasteiger partial charge < -0.3 is 4.90 Å². The van der Waals surface area contributed by atoms with Crippen molar-refractivity contribution in [3.05, 3.63) is 106 Å². The number of ketones is 2. The second-order valence-corrected chi connectivity index (χ2v) is 12.9. The van der Waals surface area contributed by atoms with Crippen molar-refractivity contribution in [3.8, 4) is 0 Å². The number of aliphatic imine (C=N–C) groups is 1. The third kappa shape index (κ3) is 7.51. The number of hydrogen-bond acceptors (Lipinski definition) is 5. The molecule has 0 unspecified atom stereocenters. The van der Waals surface area contributed by atoms with Gasteiger partial charge in [0.05, 0.1) is 13.1 Å². The molecular formula is C37H43FN4O2. The van der Waals surface area contributed by atoms with Gasteiger partial charge in [0.1, 0.15) is 11.7 Å². The smallest absolute Gasteiger partial charge is 0.176 e. The predicted molar refractivity (Wildman–Crippen MR) is 173 cm³/mol. The van der Waals surface area contributed by atoms with Gasteiger partial charge in [0, 0.05) is 36.3 Å². The number of aryl methyl sites for hydroxylation is 1. The number of hydrogen-bond donors (Lipinski definition) is 0. The second-order valence-electron chi connectivity index (χ2n) is 12.9. The van der Waals surface area contributed by atoms with E-state index < -0.39 is 0 Å². The van der Waals surface area contributed by atoms with Crippen LogP contribution in [0.3, 0.4) is 0 Å². The van der Waals surface area contributed by atoms with Gasteiger partial charge in [-0.3, -0.25) is 24.4 Å². The van der Waals surface area contributed by atoms with Crippen molar-refractivity contribution >= 4 is 17.4 Å². The third-order valence-corrected chi connectivity index (χ3v) is 9.59. The number of piperidine rings is 2. The summed E-state index contributed by atoms with van der Waals surface area (Å²) in [4.78, 5) is 37.7. The number of nitrogens with zero attached hydrogens (tertiary/aromatic N) is 4. The molecule has 0 saturated carbocycles. The molecule has 6 nitrogen and oxygen atoms in total. The van der Waals surface area contributed by atoms with Crippen LogP contribution in [0.2, 0.25) is 0 Å². The van der Waals surface area contributed by atoms with Crippen LogP contribution in [0.25, 0.3) is 0 Å². The summed E-state index contributed by atoms with van der Waals surface area (Å²) in [6, 6.07) is 22.4. The number of halogens is 1. The fourth-order valence-corrected chi connectivity index (χ4v) is 6.81. The first-order valence-electron chi connectivity index (χ1n) is 16.1. The molecule has 0 amide bonds. The molecule has 6 rings (SSSR count). The van der Waals surface area contributed by atoms with Gasteiger partial charge in [0.15, 0.2) is 11.6 Å². The maximum absolute atomic E-state index is 13.2. The van der Waals surface area contributed by atoms with Crippen LogP contribution in [0.5, 0.6) is 0 Å². The van der Waals surface area contributed by atoms with Crippen LogP contribution in [-0.2, 0) is 6.54 Å². The molecular weight excluding hydrogens is 551 g/mol. The molecule has 3 aromatic rings. The zero-order valence-electron chi connectivity index (χ0n) is 25.8. The van der Waals surface area contributed by atoms with Gasteiger partial charge in [0.2, 0.25) is 0 Å². The average Bonchev–Trinajstić information content (AvgIpc) is 3.39. The molecule has 44 heavy (non-hydrogen) atoms. The number of carbonyl (C=O) groups is 2.